The van der Waals surface area contributed by atoms with E-state index in [1.54, 1.807) is 13.0 Å². The molecule has 126 valence electrons. The number of aryl methyl sites for hydroxylation is 2. The van der Waals surface area contributed by atoms with Gasteiger partial charge in [0.2, 0.25) is 0 Å². The van der Waals surface area contributed by atoms with Crippen LogP contribution < -0.4 is 10.2 Å². The maximum absolute atomic E-state index is 12.2. The van der Waals surface area contributed by atoms with Crippen molar-refractivity contribution in [2.24, 2.45) is 0 Å². The number of carbonyl (C=O) groups is 1. The highest BCUT2D eigenvalue weighted by Gasteiger charge is 2.13. The Bertz CT molecular complexity index is 742. The summed E-state index contributed by atoms with van der Waals surface area (Å²) in [5.74, 6) is -0.114. The molecule has 2 rings (SSSR count). The fourth-order valence-corrected chi connectivity index (χ4v) is 2.49. The van der Waals surface area contributed by atoms with Crippen molar-refractivity contribution in [2.45, 2.75) is 20.4 Å². The van der Waals surface area contributed by atoms with Crippen LogP contribution in [0, 0.1) is 24.0 Å². The van der Waals surface area contributed by atoms with Gasteiger partial charge >= 0.3 is 0 Å². The van der Waals surface area contributed by atoms with Crippen molar-refractivity contribution in [1.29, 1.82) is 0 Å². The molecule has 0 saturated carbocycles. The molecular weight excluding hydrogens is 306 g/mol. The van der Waals surface area contributed by atoms with Gasteiger partial charge in [0, 0.05) is 23.4 Å². The van der Waals surface area contributed by atoms with Crippen molar-refractivity contribution >= 4 is 17.3 Å². The molecule has 0 aliphatic carbocycles. The average molecular weight is 328 g/mol. The Morgan fingerprint density at radius 2 is 1.83 bits per heavy atom. The quantitative estimate of drug-likeness (QED) is 0.628. The first-order valence-corrected chi connectivity index (χ1v) is 7.77. The van der Waals surface area contributed by atoms with Crippen molar-refractivity contribution in [1.82, 2.24) is 0 Å². The van der Waals surface area contributed by atoms with Gasteiger partial charge in [0.25, 0.3) is 11.6 Å². The fourth-order valence-electron chi connectivity index (χ4n) is 2.49. The van der Waals surface area contributed by atoms with Crippen LogP contribution in [0.2, 0.25) is 0 Å². The van der Waals surface area contributed by atoms with Crippen LogP contribution >= 0.6 is 0 Å². The highest BCUT2D eigenvalue weighted by atomic mass is 16.6. The standard InChI is InChI=1S/C18H21N3O3/c1-13-4-6-15(7-5-13)11-20(3)12-18(22)19-17-9-8-16(21(23)24)10-14(17)2/h4-10H,11-12H2,1-3H3,(H,19,22)/p+1. The third-order valence-corrected chi connectivity index (χ3v) is 3.78. The lowest BCUT2D eigenvalue weighted by atomic mass is 10.1. The number of likely N-dealkylation sites (N-methyl/N-ethyl adjacent to an activating group) is 1. The number of non-ortho nitro benzene ring substituents is 1. The Morgan fingerprint density at radius 1 is 1.17 bits per heavy atom. The summed E-state index contributed by atoms with van der Waals surface area (Å²) in [5.41, 5.74) is 3.69. The second kappa shape index (κ2) is 7.70. The molecule has 1 unspecified atom stereocenters. The molecule has 1 atom stereocenters. The number of benzene rings is 2. The van der Waals surface area contributed by atoms with Crippen molar-refractivity contribution in [2.75, 3.05) is 18.9 Å². The summed E-state index contributed by atoms with van der Waals surface area (Å²) >= 11 is 0. The van der Waals surface area contributed by atoms with Gasteiger partial charge in [0.15, 0.2) is 6.54 Å². The van der Waals surface area contributed by atoms with Gasteiger partial charge in [-0.2, -0.15) is 0 Å². The van der Waals surface area contributed by atoms with Gasteiger partial charge in [-0.3, -0.25) is 14.9 Å². The molecule has 1 amide bonds. The average Bonchev–Trinajstić information content (AvgIpc) is 2.51. The normalized spacial score (nSPS) is 11.8. The first-order chi connectivity index (χ1) is 11.3. The molecule has 0 saturated heterocycles. The molecule has 2 aromatic rings. The Hall–Kier alpha value is -2.73. The third kappa shape index (κ3) is 4.89. The number of amides is 1. The fraction of sp³-hybridized carbons (Fsp3) is 0.278. The Labute approximate surface area is 141 Å². The third-order valence-electron chi connectivity index (χ3n) is 3.78. The van der Waals surface area contributed by atoms with Gasteiger partial charge in [-0.15, -0.1) is 0 Å². The topological polar surface area (TPSA) is 76.7 Å². The molecular formula is C18H22N3O3+. The Morgan fingerprint density at radius 3 is 2.42 bits per heavy atom. The lowest BCUT2D eigenvalue weighted by Gasteiger charge is -2.14. The van der Waals surface area contributed by atoms with Crippen LogP contribution in [0.1, 0.15) is 16.7 Å². The van der Waals surface area contributed by atoms with Crippen LogP contribution in [0.5, 0.6) is 0 Å². The predicted octanol–water partition coefficient (Wildman–Crippen LogP) is 1.87. The monoisotopic (exact) mass is 328 g/mol. The number of hydrogen-bond acceptors (Lipinski definition) is 3. The number of anilines is 1. The number of rotatable bonds is 6. The van der Waals surface area contributed by atoms with Crippen LogP contribution in [-0.4, -0.2) is 24.4 Å². The van der Waals surface area contributed by atoms with Gasteiger partial charge in [0.05, 0.1) is 12.0 Å². The highest BCUT2D eigenvalue weighted by Crippen LogP contribution is 2.20. The summed E-state index contributed by atoms with van der Waals surface area (Å²) in [4.78, 5) is 23.5. The van der Waals surface area contributed by atoms with E-state index in [-0.39, 0.29) is 11.6 Å². The number of nitro benzene ring substituents is 1. The first-order valence-electron chi connectivity index (χ1n) is 7.77. The van der Waals surface area contributed by atoms with Gasteiger partial charge in [0.1, 0.15) is 6.54 Å². The molecule has 0 radical (unpaired) electrons. The molecule has 0 aromatic heterocycles. The van der Waals surface area contributed by atoms with Crippen LogP contribution in [-0.2, 0) is 11.3 Å². The molecule has 0 spiro atoms. The van der Waals surface area contributed by atoms with E-state index in [0.717, 1.165) is 11.4 Å². The molecule has 0 aliphatic heterocycles. The maximum atomic E-state index is 12.2. The van der Waals surface area contributed by atoms with E-state index in [9.17, 15) is 14.9 Å². The van der Waals surface area contributed by atoms with Crippen molar-refractivity contribution in [3.8, 4) is 0 Å². The van der Waals surface area contributed by atoms with Crippen LogP contribution in [0.25, 0.3) is 0 Å². The molecule has 6 nitrogen and oxygen atoms in total. The van der Waals surface area contributed by atoms with Gasteiger partial charge in [-0.05, 0) is 25.5 Å². The lowest BCUT2D eigenvalue weighted by Crippen LogP contribution is -3.08. The first kappa shape index (κ1) is 17.6. The summed E-state index contributed by atoms with van der Waals surface area (Å²) in [5, 5.41) is 13.6. The molecule has 0 aliphatic rings. The Balaban J connectivity index is 1.92. The van der Waals surface area contributed by atoms with Gasteiger partial charge in [-0.1, -0.05) is 29.8 Å². The van der Waals surface area contributed by atoms with Crippen molar-refractivity contribution in [3.05, 3.63) is 69.3 Å². The minimum Gasteiger partial charge on any atom is -0.326 e. The van der Waals surface area contributed by atoms with E-state index < -0.39 is 4.92 Å². The maximum Gasteiger partial charge on any atom is 0.279 e. The van der Waals surface area contributed by atoms with E-state index in [1.165, 1.54) is 23.3 Å². The second-order valence-electron chi connectivity index (χ2n) is 6.10. The van der Waals surface area contributed by atoms with E-state index in [1.807, 2.05) is 14.0 Å². The molecule has 0 fully saturated rings. The molecule has 2 N–H and O–H groups in total. The van der Waals surface area contributed by atoms with Crippen molar-refractivity contribution < 1.29 is 14.6 Å². The molecule has 2 aromatic carbocycles. The second-order valence-corrected chi connectivity index (χ2v) is 6.10. The zero-order valence-corrected chi connectivity index (χ0v) is 14.1. The molecule has 0 heterocycles. The van der Waals surface area contributed by atoms with Crippen molar-refractivity contribution in [3.63, 3.8) is 0 Å². The number of hydrogen-bond donors (Lipinski definition) is 2. The summed E-state index contributed by atoms with van der Waals surface area (Å²) in [7, 11) is 1.96. The SMILES string of the molecule is Cc1ccc(C[NH+](C)CC(=O)Nc2ccc([N+](=O)[O-])cc2C)cc1. The van der Waals surface area contributed by atoms with Crippen LogP contribution in [0.3, 0.4) is 0 Å². The minimum absolute atomic E-state index is 0.0209. The number of quaternary nitrogens is 1. The van der Waals surface area contributed by atoms with E-state index in [4.69, 9.17) is 0 Å². The molecule has 24 heavy (non-hydrogen) atoms. The van der Waals surface area contributed by atoms with Crippen LogP contribution in [0.4, 0.5) is 11.4 Å². The van der Waals surface area contributed by atoms with E-state index in [0.29, 0.717) is 17.8 Å². The highest BCUT2D eigenvalue weighted by molar-refractivity contribution is 5.92. The zero-order chi connectivity index (χ0) is 17.7. The van der Waals surface area contributed by atoms with Crippen LogP contribution in [0.15, 0.2) is 42.5 Å². The Kier molecular flexibility index (Phi) is 5.65. The summed E-state index contributed by atoms with van der Waals surface area (Å²) in [6, 6.07) is 12.7. The van der Waals surface area contributed by atoms with Gasteiger partial charge < -0.3 is 10.2 Å². The van der Waals surface area contributed by atoms with E-state index in [2.05, 4.69) is 29.6 Å². The number of nitrogens with one attached hydrogen (secondary N) is 2. The smallest absolute Gasteiger partial charge is 0.279 e. The number of nitrogens with zero attached hydrogens (tertiary/aromatic N) is 1. The summed E-state index contributed by atoms with van der Waals surface area (Å²) < 4.78 is 0. The lowest BCUT2D eigenvalue weighted by molar-refractivity contribution is -0.885. The number of nitro groups is 1. The zero-order valence-electron chi connectivity index (χ0n) is 14.1. The summed E-state index contributed by atoms with van der Waals surface area (Å²) in [6.07, 6.45) is 0. The largest absolute Gasteiger partial charge is 0.326 e. The minimum atomic E-state index is -0.446. The predicted molar refractivity (Wildman–Crippen MR) is 93.1 cm³/mol. The van der Waals surface area contributed by atoms with E-state index >= 15 is 0 Å². The summed E-state index contributed by atoms with van der Waals surface area (Å²) in [6.45, 7) is 4.86. The van der Waals surface area contributed by atoms with Gasteiger partial charge in [-0.25, -0.2) is 0 Å². The molecule has 6 heteroatoms. The number of carbonyl (C=O) groups excluding carboxylic acids is 1. The molecule has 0 bridgehead atoms.